The molecule has 2 aromatic rings. The Bertz CT molecular complexity index is 576. The summed E-state index contributed by atoms with van der Waals surface area (Å²) in [5.41, 5.74) is 2.22. The van der Waals surface area contributed by atoms with E-state index in [2.05, 4.69) is 6.92 Å². The fraction of sp³-hybridized carbons (Fsp3) is 0.350. The minimum atomic E-state index is -0.632. The first-order valence-corrected chi connectivity index (χ1v) is 8.29. The van der Waals surface area contributed by atoms with E-state index in [1.807, 2.05) is 42.5 Å². The van der Waals surface area contributed by atoms with E-state index < -0.39 is 6.16 Å². The zero-order valence-electron chi connectivity index (χ0n) is 13.7. The van der Waals surface area contributed by atoms with Crippen LogP contribution in [0.5, 0.6) is 5.75 Å². The Morgan fingerprint density at radius 2 is 1.48 bits per heavy atom. The van der Waals surface area contributed by atoms with Crippen LogP contribution in [-0.2, 0) is 4.74 Å². The first-order chi connectivity index (χ1) is 11.3. The summed E-state index contributed by atoms with van der Waals surface area (Å²) in [4.78, 5) is 11.6. The average Bonchev–Trinajstić information content (AvgIpc) is 2.59. The minimum absolute atomic E-state index is 0.421. The van der Waals surface area contributed by atoms with E-state index in [4.69, 9.17) is 9.47 Å². The molecule has 0 aliphatic carbocycles. The Labute approximate surface area is 138 Å². The van der Waals surface area contributed by atoms with E-state index in [9.17, 15) is 4.79 Å². The number of ether oxygens (including phenoxy) is 2. The van der Waals surface area contributed by atoms with Gasteiger partial charge in [0.25, 0.3) is 0 Å². The van der Waals surface area contributed by atoms with Gasteiger partial charge >= 0.3 is 6.16 Å². The van der Waals surface area contributed by atoms with Gasteiger partial charge in [0.2, 0.25) is 0 Å². The van der Waals surface area contributed by atoms with Crippen molar-refractivity contribution >= 4 is 6.16 Å². The summed E-state index contributed by atoms with van der Waals surface area (Å²) in [6, 6.07) is 17.5. The van der Waals surface area contributed by atoms with Gasteiger partial charge in [-0.05, 0) is 29.7 Å². The number of hydrogen-bond donors (Lipinski definition) is 0. The number of carbonyl (C=O) groups excluding carboxylic acids is 1. The van der Waals surface area contributed by atoms with Crippen LogP contribution < -0.4 is 4.74 Å². The summed E-state index contributed by atoms with van der Waals surface area (Å²) < 4.78 is 10.3. The van der Waals surface area contributed by atoms with E-state index >= 15 is 0 Å². The maximum atomic E-state index is 11.6. The van der Waals surface area contributed by atoms with Gasteiger partial charge in [0.1, 0.15) is 5.75 Å². The molecule has 0 saturated carbocycles. The molecule has 0 fully saturated rings. The van der Waals surface area contributed by atoms with Crippen LogP contribution in [0.25, 0.3) is 11.1 Å². The van der Waals surface area contributed by atoms with Gasteiger partial charge in [-0.15, -0.1) is 0 Å². The minimum Gasteiger partial charge on any atom is -0.434 e. The average molecular weight is 312 g/mol. The highest BCUT2D eigenvalue weighted by atomic mass is 16.7. The molecular weight excluding hydrogens is 288 g/mol. The van der Waals surface area contributed by atoms with Crippen LogP contribution in [-0.4, -0.2) is 12.8 Å². The molecule has 0 amide bonds. The van der Waals surface area contributed by atoms with Crippen molar-refractivity contribution in [2.75, 3.05) is 6.61 Å². The van der Waals surface area contributed by atoms with Crippen LogP contribution >= 0.6 is 0 Å². The molecule has 0 unspecified atom stereocenters. The lowest BCUT2D eigenvalue weighted by Gasteiger charge is -2.07. The predicted octanol–water partition coefficient (Wildman–Crippen LogP) is 5.84. The van der Waals surface area contributed by atoms with E-state index in [1.165, 1.54) is 19.3 Å². The normalized spacial score (nSPS) is 10.3. The molecule has 0 atom stereocenters. The fourth-order valence-corrected chi connectivity index (χ4v) is 2.33. The van der Waals surface area contributed by atoms with E-state index in [-0.39, 0.29) is 0 Å². The standard InChI is InChI=1S/C20H24O3/c1-2-3-4-5-9-16-22-20(21)23-19-14-12-18(13-15-19)17-10-7-6-8-11-17/h6-8,10-15H,2-5,9,16H2,1H3. The van der Waals surface area contributed by atoms with Gasteiger partial charge in [-0.2, -0.15) is 0 Å². The summed E-state index contributed by atoms with van der Waals surface area (Å²) in [7, 11) is 0. The number of hydrogen-bond acceptors (Lipinski definition) is 3. The third kappa shape index (κ3) is 6.15. The lowest BCUT2D eigenvalue weighted by molar-refractivity contribution is 0.0973. The molecule has 0 aliphatic heterocycles. The Hall–Kier alpha value is -2.29. The van der Waals surface area contributed by atoms with Crippen LogP contribution in [0.2, 0.25) is 0 Å². The van der Waals surface area contributed by atoms with Gasteiger partial charge in [-0.3, -0.25) is 0 Å². The van der Waals surface area contributed by atoms with Crippen LogP contribution in [0, 0.1) is 0 Å². The number of benzene rings is 2. The molecule has 0 saturated heterocycles. The maximum Gasteiger partial charge on any atom is 0.513 e. The summed E-state index contributed by atoms with van der Waals surface area (Å²) in [6.45, 7) is 2.60. The van der Waals surface area contributed by atoms with Gasteiger partial charge in [-0.1, -0.05) is 75.1 Å². The van der Waals surface area contributed by atoms with Crippen molar-refractivity contribution in [2.45, 2.75) is 39.0 Å². The summed E-state index contributed by atoms with van der Waals surface area (Å²) in [6.07, 6.45) is 4.98. The zero-order chi connectivity index (χ0) is 16.3. The van der Waals surface area contributed by atoms with Crippen molar-refractivity contribution in [1.82, 2.24) is 0 Å². The lowest BCUT2D eigenvalue weighted by Crippen LogP contribution is -2.11. The fourth-order valence-electron chi connectivity index (χ4n) is 2.33. The van der Waals surface area contributed by atoms with Crippen LogP contribution in [0.15, 0.2) is 54.6 Å². The molecule has 2 aromatic carbocycles. The summed E-state index contributed by atoms with van der Waals surface area (Å²) in [5.74, 6) is 0.501. The molecule has 3 nitrogen and oxygen atoms in total. The highest BCUT2D eigenvalue weighted by molar-refractivity contribution is 5.67. The van der Waals surface area contributed by atoms with Gasteiger partial charge in [-0.25, -0.2) is 4.79 Å². The summed E-state index contributed by atoms with van der Waals surface area (Å²) in [5, 5.41) is 0. The molecule has 3 heteroatoms. The molecule has 23 heavy (non-hydrogen) atoms. The molecule has 0 N–H and O–H groups in total. The van der Waals surface area contributed by atoms with Gasteiger partial charge in [0.15, 0.2) is 0 Å². The molecular formula is C20H24O3. The van der Waals surface area contributed by atoms with Crippen molar-refractivity contribution in [1.29, 1.82) is 0 Å². The van der Waals surface area contributed by atoms with E-state index in [0.717, 1.165) is 24.0 Å². The highest BCUT2D eigenvalue weighted by Gasteiger charge is 2.06. The third-order valence-electron chi connectivity index (χ3n) is 3.63. The molecule has 0 bridgehead atoms. The van der Waals surface area contributed by atoms with Crippen molar-refractivity contribution < 1.29 is 14.3 Å². The number of unbranched alkanes of at least 4 members (excludes halogenated alkanes) is 4. The Kier molecular flexibility index (Phi) is 7.18. The third-order valence-corrected chi connectivity index (χ3v) is 3.63. The van der Waals surface area contributed by atoms with Gasteiger partial charge in [0, 0.05) is 0 Å². The second-order valence-corrected chi connectivity index (χ2v) is 5.51. The number of rotatable bonds is 8. The first kappa shape index (κ1) is 17.1. The van der Waals surface area contributed by atoms with Crippen molar-refractivity contribution in [3.8, 4) is 16.9 Å². The zero-order valence-corrected chi connectivity index (χ0v) is 13.7. The monoisotopic (exact) mass is 312 g/mol. The van der Waals surface area contributed by atoms with Crippen LogP contribution in [0.3, 0.4) is 0 Å². The van der Waals surface area contributed by atoms with Crippen molar-refractivity contribution in [2.24, 2.45) is 0 Å². The van der Waals surface area contributed by atoms with Gasteiger partial charge < -0.3 is 9.47 Å². The van der Waals surface area contributed by atoms with Crippen LogP contribution in [0.1, 0.15) is 39.0 Å². The largest absolute Gasteiger partial charge is 0.513 e. The van der Waals surface area contributed by atoms with E-state index in [0.29, 0.717) is 12.4 Å². The second-order valence-electron chi connectivity index (χ2n) is 5.51. The molecule has 2 rings (SSSR count). The predicted molar refractivity (Wildman–Crippen MR) is 92.6 cm³/mol. The Balaban J connectivity index is 1.74. The lowest BCUT2D eigenvalue weighted by atomic mass is 10.1. The topological polar surface area (TPSA) is 35.5 Å². The molecule has 0 aliphatic rings. The first-order valence-electron chi connectivity index (χ1n) is 8.29. The Morgan fingerprint density at radius 3 is 2.17 bits per heavy atom. The quantitative estimate of drug-likeness (QED) is 0.349. The van der Waals surface area contributed by atoms with Gasteiger partial charge in [0.05, 0.1) is 6.61 Å². The SMILES string of the molecule is CCCCCCCOC(=O)Oc1ccc(-c2ccccc2)cc1. The van der Waals surface area contributed by atoms with Crippen LogP contribution in [0.4, 0.5) is 4.79 Å². The van der Waals surface area contributed by atoms with Crippen molar-refractivity contribution in [3.63, 3.8) is 0 Å². The summed E-state index contributed by atoms with van der Waals surface area (Å²) >= 11 is 0. The molecule has 122 valence electrons. The molecule has 0 aromatic heterocycles. The molecule has 0 spiro atoms. The molecule has 0 heterocycles. The number of carbonyl (C=O) groups is 1. The van der Waals surface area contributed by atoms with E-state index in [1.54, 1.807) is 12.1 Å². The Morgan fingerprint density at radius 1 is 0.826 bits per heavy atom. The smallest absolute Gasteiger partial charge is 0.434 e. The van der Waals surface area contributed by atoms with Crippen molar-refractivity contribution in [3.05, 3.63) is 54.6 Å². The molecule has 0 radical (unpaired) electrons. The maximum absolute atomic E-state index is 11.6. The second kappa shape index (κ2) is 9.67. The highest BCUT2D eigenvalue weighted by Crippen LogP contribution is 2.22.